The number of carboxylic acids is 1. The number of carbonyl (C=O) groups excluding carboxylic acids is 1. The van der Waals surface area contributed by atoms with Crippen LogP contribution in [0.1, 0.15) is 6.92 Å². The Morgan fingerprint density at radius 1 is 1.77 bits per heavy atom. The monoisotopic (exact) mass is 197 g/mol. The molecule has 0 aromatic heterocycles. The molecule has 0 aromatic carbocycles. The van der Waals surface area contributed by atoms with Crippen molar-refractivity contribution in [2.24, 2.45) is 0 Å². The largest absolute Gasteiger partial charge is 0.477 e. The van der Waals surface area contributed by atoms with E-state index in [0.29, 0.717) is 5.57 Å². The predicted molar refractivity (Wildman–Crippen MR) is 47.7 cm³/mol. The molecule has 0 radical (unpaired) electrons. The molecule has 13 heavy (non-hydrogen) atoms. The Labute approximate surface area is 78.9 Å². The van der Waals surface area contributed by atoms with Crippen LogP contribution in [0.2, 0.25) is 0 Å². The Morgan fingerprint density at radius 2 is 2.46 bits per heavy atom. The maximum atomic E-state index is 11.3. The van der Waals surface area contributed by atoms with E-state index in [1.54, 1.807) is 13.0 Å². The molecule has 2 aliphatic heterocycles. The first-order valence-electron chi connectivity index (χ1n) is 3.75. The van der Waals surface area contributed by atoms with Crippen LogP contribution in [-0.2, 0) is 9.59 Å². The fourth-order valence-electron chi connectivity index (χ4n) is 1.40. The summed E-state index contributed by atoms with van der Waals surface area (Å²) in [6.07, 6.45) is 1.73. The summed E-state index contributed by atoms with van der Waals surface area (Å²) in [6, 6.07) is 0. The number of aliphatic carboxylic acids is 1. The topological polar surface area (TPSA) is 57.6 Å². The molecule has 0 saturated carbocycles. The average Bonchev–Trinajstić information content (AvgIpc) is 2.45. The van der Waals surface area contributed by atoms with Gasteiger partial charge in [0.2, 0.25) is 0 Å². The molecule has 68 valence electrons. The molecule has 2 rings (SSSR count). The van der Waals surface area contributed by atoms with Crippen LogP contribution >= 0.6 is 11.8 Å². The summed E-state index contributed by atoms with van der Waals surface area (Å²) < 4.78 is 0. The van der Waals surface area contributed by atoms with E-state index in [4.69, 9.17) is 5.11 Å². The van der Waals surface area contributed by atoms with Gasteiger partial charge in [-0.05, 0) is 6.92 Å². The minimum Gasteiger partial charge on any atom is -0.477 e. The third-order valence-corrected chi connectivity index (χ3v) is 3.15. The summed E-state index contributed by atoms with van der Waals surface area (Å²) in [5, 5.41) is 10.1. The lowest BCUT2D eigenvalue weighted by molar-refractivity contribution is -0.141. The highest BCUT2D eigenvalue weighted by molar-refractivity contribution is 8.03. The van der Waals surface area contributed by atoms with Gasteiger partial charge in [0.05, 0.1) is 0 Å². The van der Waals surface area contributed by atoms with Crippen molar-refractivity contribution in [3.05, 3.63) is 22.8 Å². The van der Waals surface area contributed by atoms with Crippen LogP contribution in [0.5, 0.6) is 0 Å². The molecule has 2 heterocycles. The molecule has 1 amide bonds. The van der Waals surface area contributed by atoms with Crippen molar-refractivity contribution in [1.82, 2.24) is 4.90 Å². The molecule has 0 spiro atoms. The molecule has 0 aromatic rings. The van der Waals surface area contributed by atoms with Crippen LogP contribution < -0.4 is 0 Å². The van der Waals surface area contributed by atoms with Gasteiger partial charge in [0.1, 0.15) is 11.1 Å². The maximum absolute atomic E-state index is 11.3. The van der Waals surface area contributed by atoms with Crippen LogP contribution in [0, 0.1) is 0 Å². The minimum absolute atomic E-state index is 0.0885. The number of carbonyl (C=O) groups is 2. The van der Waals surface area contributed by atoms with Crippen molar-refractivity contribution in [3.63, 3.8) is 0 Å². The Balaban J connectivity index is 2.28. The van der Waals surface area contributed by atoms with Crippen LogP contribution in [0.3, 0.4) is 0 Å². The van der Waals surface area contributed by atoms with Gasteiger partial charge in [0, 0.05) is 11.0 Å². The molecule has 1 unspecified atom stereocenters. The van der Waals surface area contributed by atoms with Gasteiger partial charge in [-0.25, -0.2) is 4.79 Å². The second kappa shape index (κ2) is 2.63. The van der Waals surface area contributed by atoms with Crippen molar-refractivity contribution in [2.75, 3.05) is 0 Å². The van der Waals surface area contributed by atoms with E-state index in [-0.39, 0.29) is 17.0 Å². The van der Waals surface area contributed by atoms with E-state index < -0.39 is 5.97 Å². The first kappa shape index (κ1) is 8.37. The zero-order valence-corrected chi connectivity index (χ0v) is 7.67. The van der Waals surface area contributed by atoms with Crippen molar-refractivity contribution >= 4 is 23.6 Å². The third kappa shape index (κ3) is 0.935. The van der Waals surface area contributed by atoms with Gasteiger partial charge in [0.25, 0.3) is 5.91 Å². The number of hydrogen-bond acceptors (Lipinski definition) is 3. The van der Waals surface area contributed by atoms with Crippen LogP contribution in [0.15, 0.2) is 22.8 Å². The lowest BCUT2D eigenvalue weighted by Crippen LogP contribution is -2.51. The Morgan fingerprint density at radius 3 is 3.00 bits per heavy atom. The van der Waals surface area contributed by atoms with Crippen LogP contribution in [0.25, 0.3) is 0 Å². The molecular formula is C8H7NO3S. The standard InChI is InChI=1S/C8H7NO3S/c1-2-4-6(10)9-5(8(11)12)3-13-7(4)9/h2-3,7H,1H3,(H,11,12)/b4-2-. The Hall–Kier alpha value is -1.23. The molecule has 2 aliphatic rings. The Kier molecular flexibility index (Phi) is 1.69. The average molecular weight is 197 g/mol. The van der Waals surface area contributed by atoms with E-state index in [2.05, 4.69) is 0 Å². The quantitative estimate of drug-likeness (QED) is 0.498. The van der Waals surface area contributed by atoms with Gasteiger partial charge in [-0.15, -0.1) is 11.8 Å². The van der Waals surface area contributed by atoms with Gasteiger partial charge < -0.3 is 5.11 Å². The van der Waals surface area contributed by atoms with Gasteiger partial charge in [-0.2, -0.15) is 0 Å². The molecule has 1 atom stereocenters. The second-order valence-corrected chi connectivity index (χ2v) is 3.67. The molecule has 4 nitrogen and oxygen atoms in total. The predicted octanol–water partition coefficient (Wildman–Crippen LogP) is 0.774. The van der Waals surface area contributed by atoms with Crippen molar-refractivity contribution in [3.8, 4) is 0 Å². The summed E-state index contributed by atoms with van der Waals surface area (Å²) in [7, 11) is 0. The molecule has 0 aliphatic carbocycles. The third-order valence-electron chi connectivity index (χ3n) is 2.06. The number of thioether (sulfide) groups is 1. The number of hydrogen-bond donors (Lipinski definition) is 1. The molecular weight excluding hydrogens is 190 g/mol. The number of allylic oxidation sites excluding steroid dienone is 1. The van der Waals surface area contributed by atoms with Crippen LogP contribution in [-0.4, -0.2) is 27.3 Å². The van der Waals surface area contributed by atoms with Gasteiger partial charge >= 0.3 is 5.97 Å². The van der Waals surface area contributed by atoms with E-state index in [0.717, 1.165) is 0 Å². The highest BCUT2D eigenvalue weighted by Crippen LogP contribution is 2.44. The first-order valence-corrected chi connectivity index (χ1v) is 4.69. The minimum atomic E-state index is -1.04. The molecule has 5 heteroatoms. The number of rotatable bonds is 1. The number of amides is 1. The number of β-lactam (4-membered cyclic amide) rings is 1. The SMILES string of the molecule is C/C=C1/C(=O)N2C(C(=O)O)=CSC12. The van der Waals surface area contributed by atoms with E-state index in [9.17, 15) is 9.59 Å². The van der Waals surface area contributed by atoms with Gasteiger partial charge in [-0.1, -0.05) is 6.08 Å². The van der Waals surface area contributed by atoms with Gasteiger partial charge in [0.15, 0.2) is 0 Å². The first-order chi connectivity index (χ1) is 6.16. The van der Waals surface area contributed by atoms with E-state index >= 15 is 0 Å². The molecule has 1 N–H and O–H groups in total. The smallest absolute Gasteiger partial charge is 0.353 e. The summed E-state index contributed by atoms with van der Waals surface area (Å²) >= 11 is 1.36. The van der Waals surface area contributed by atoms with E-state index in [1.165, 1.54) is 22.1 Å². The van der Waals surface area contributed by atoms with Crippen molar-refractivity contribution < 1.29 is 14.7 Å². The highest BCUT2D eigenvalue weighted by Gasteiger charge is 2.48. The number of carboxylic acid groups (broad SMARTS) is 1. The fraction of sp³-hybridized carbons (Fsp3) is 0.250. The van der Waals surface area contributed by atoms with Crippen molar-refractivity contribution in [1.29, 1.82) is 0 Å². The number of nitrogens with zero attached hydrogens (tertiary/aromatic N) is 1. The summed E-state index contributed by atoms with van der Waals surface area (Å²) in [4.78, 5) is 23.3. The summed E-state index contributed by atoms with van der Waals surface area (Å²) in [6.45, 7) is 1.78. The summed E-state index contributed by atoms with van der Waals surface area (Å²) in [5.41, 5.74) is 0.781. The molecule has 1 fully saturated rings. The summed E-state index contributed by atoms with van der Waals surface area (Å²) in [5.74, 6) is -1.23. The fourth-order valence-corrected chi connectivity index (χ4v) is 2.59. The van der Waals surface area contributed by atoms with Crippen LogP contribution in [0.4, 0.5) is 0 Å². The zero-order chi connectivity index (χ0) is 9.59. The van der Waals surface area contributed by atoms with E-state index in [1.807, 2.05) is 0 Å². The second-order valence-electron chi connectivity index (χ2n) is 2.72. The lowest BCUT2D eigenvalue weighted by atomic mass is 10.1. The van der Waals surface area contributed by atoms with Gasteiger partial charge in [-0.3, -0.25) is 9.69 Å². The zero-order valence-electron chi connectivity index (χ0n) is 6.85. The molecule has 0 bridgehead atoms. The number of fused-ring (bicyclic) bond motifs is 1. The highest BCUT2D eigenvalue weighted by atomic mass is 32.2. The molecule has 1 saturated heterocycles. The van der Waals surface area contributed by atoms with Crippen molar-refractivity contribution in [2.45, 2.75) is 12.3 Å². The normalized spacial score (nSPS) is 28.5. The maximum Gasteiger partial charge on any atom is 0.353 e. The Bertz CT molecular complexity index is 358. The lowest BCUT2D eigenvalue weighted by Gasteiger charge is -2.36.